The van der Waals surface area contributed by atoms with Crippen LogP contribution in [0.5, 0.6) is 0 Å². The van der Waals surface area contributed by atoms with Gasteiger partial charge in [0, 0.05) is 26.2 Å². The van der Waals surface area contributed by atoms with Gasteiger partial charge >= 0.3 is 0 Å². The summed E-state index contributed by atoms with van der Waals surface area (Å²) in [5.41, 5.74) is 1.54. The van der Waals surface area contributed by atoms with Crippen molar-refractivity contribution in [2.75, 3.05) is 25.1 Å². The smallest absolute Gasteiger partial charge is 0.146 e. The van der Waals surface area contributed by atoms with Gasteiger partial charge in [-0.3, -0.25) is 0 Å². The highest BCUT2D eigenvalue weighted by Crippen LogP contribution is 2.25. The summed E-state index contributed by atoms with van der Waals surface area (Å²) in [6.07, 6.45) is 2.44. The first-order chi connectivity index (χ1) is 8.22. The van der Waals surface area contributed by atoms with E-state index in [4.69, 9.17) is 5.11 Å². The van der Waals surface area contributed by atoms with Crippen molar-refractivity contribution in [3.63, 3.8) is 0 Å². The maximum atomic E-state index is 13.8. The van der Waals surface area contributed by atoms with Crippen LogP contribution >= 0.6 is 0 Å². The number of hydrogen-bond acceptors (Lipinski definition) is 3. The lowest BCUT2D eigenvalue weighted by molar-refractivity contribution is 0.303. The highest BCUT2D eigenvalue weighted by Gasteiger charge is 2.21. The highest BCUT2D eigenvalue weighted by molar-refractivity contribution is 5.54. The quantitative estimate of drug-likeness (QED) is 0.788. The molecule has 2 N–H and O–H groups in total. The molecule has 0 bridgehead atoms. The van der Waals surface area contributed by atoms with Gasteiger partial charge in [-0.25, -0.2) is 4.39 Å². The van der Waals surface area contributed by atoms with Crippen LogP contribution in [0.15, 0.2) is 18.2 Å². The van der Waals surface area contributed by atoms with Crippen LogP contribution in [0, 0.1) is 5.82 Å². The van der Waals surface area contributed by atoms with E-state index in [1.54, 1.807) is 18.0 Å². The molecule has 94 valence electrons. The zero-order chi connectivity index (χ0) is 12.3. The molecule has 1 aromatic carbocycles. The van der Waals surface area contributed by atoms with E-state index in [-0.39, 0.29) is 12.4 Å². The van der Waals surface area contributed by atoms with Crippen molar-refractivity contribution in [1.29, 1.82) is 0 Å². The predicted molar refractivity (Wildman–Crippen MR) is 66.6 cm³/mol. The SMILES string of the molecule is CN(CCO)c1c(F)cccc1CNC1CC1. The molecule has 0 radical (unpaired) electrons. The Bertz CT molecular complexity index is 380. The highest BCUT2D eigenvalue weighted by atomic mass is 19.1. The summed E-state index contributed by atoms with van der Waals surface area (Å²) in [5, 5.41) is 12.3. The predicted octanol–water partition coefficient (Wildman–Crippen LogP) is 1.51. The molecule has 0 unspecified atom stereocenters. The first kappa shape index (κ1) is 12.3. The Hall–Kier alpha value is -1.13. The number of nitrogens with zero attached hydrogens (tertiary/aromatic N) is 1. The molecule has 3 nitrogen and oxygen atoms in total. The molecule has 0 saturated heterocycles. The third-order valence-corrected chi connectivity index (χ3v) is 3.05. The molecule has 0 aliphatic heterocycles. The second-order valence-corrected chi connectivity index (χ2v) is 4.55. The van der Waals surface area contributed by atoms with Crippen molar-refractivity contribution in [2.24, 2.45) is 0 Å². The summed E-state index contributed by atoms with van der Waals surface area (Å²) < 4.78 is 13.8. The molecular formula is C13H19FN2O. The number of rotatable bonds is 6. The Kier molecular flexibility index (Phi) is 3.97. The maximum absolute atomic E-state index is 13.8. The normalized spacial score (nSPS) is 15.0. The van der Waals surface area contributed by atoms with Crippen molar-refractivity contribution in [3.05, 3.63) is 29.6 Å². The second kappa shape index (κ2) is 5.47. The molecule has 0 spiro atoms. The summed E-state index contributed by atoms with van der Waals surface area (Å²) in [7, 11) is 1.80. The first-order valence-corrected chi connectivity index (χ1v) is 6.05. The third kappa shape index (κ3) is 3.17. The number of aliphatic hydroxyl groups excluding tert-OH is 1. The van der Waals surface area contributed by atoms with E-state index < -0.39 is 0 Å². The van der Waals surface area contributed by atoms with Crippen LogP contribution in [0.3, 0.4) is 0 Å². The molecule has 0 atom stereocenters. The molecule has 17 heavy (non-hydrogen) atoms. The minimum atomic E-state index is -0.226. The van der Waals surface area contributed by atoms with Crippen molar-refractivity contribution in [1.82, 2.24) is 5.32 Å². The number of aliphatic hydroxyl groups is 1. The molecular weight excluding hydrogens is 219 g/mol. The zero-order valence-corrected chi connectivity index (χ0v) is 10.1. The lowest BCUT2D eigenvalue weighted by Gasteiger charge is -2.22. The summed E-state index contributed by atoms with van der Waals surface area (Å²) in [6, 6.07) is 5.73. The monoisotopic (exact) mass is 238 g/mol. The van der Waals surface area contributed by atoms with Crippen LogP contribution in [0.1, 0.15) is 18.4 Å². The van der Waals surface area contributed by atoms with Gasteiger partial charge in [0.05, 0.1) is 12.3 Å². The number of halogens is 1. The summed E-state index contributed by atoms with van der Waals surface area (Å²) in [5.74, 6) is -0.226. The Balaban J connectivity index is 2.13. The molecule has 1 aliphatic rings. The van der Waals surface area contributed by atoms with Crippen LogP contribution < -0.4 is 10.2 Å². The van der Waals surface area contributed by atoms with E-state index in [0.29, 0.717) is 24.8 Å². The van der Waals surface area contributed by atoms with E-state index in [1.165, 1.54) is 18.9 Å². The van der Waals surface area contributed by atoms with Crippen LogP contribution in [-0.4, -0.2) is 31.3 Å². The fourth-order valence-corrected chi connectivity index (χ4v) is 1.93. The van der Waals surface area contributed by atoms with Gasteiger partial charge in [-0.1, -0.05) is 12.1 Å². The Morgan fingerprint density at radius 1 is 1.47 bits per heavy atom. The van der Waals surface area contributed by atoms with Crippen LogP contribution in [0.2, 0.25) is 0 Å². The lowest BCUT2D eigenvalue weighted by Crippen LogP contribution is -2.25. The number of benzene rings is 1. The fourth-order valence-electron chi connectivity index (χ4n) is 1.93. The average Bonchev–Trinajstić information content (AvgIpc) is 3.10. The van der Waals surface area contributed by atoms with E-state index in [0.717, 1.165) is 5.56 Å². The number of nitrogens with one attached hydrogen (secondary N) is 1. The molecule has 1 fully saturated rings. The molecule has 0 amide bonds. The number of hydrogen-bond donors (Lipinski definition) is 2. The van der Waals surface area contributed by atoms with Gasteiger partial charge in [0.2, 0.25) is 0 Å². The van der Waals surface area contributed by atoms with Gasteiger partial charge in [-0.15, -0.1) is 0 Å². The minimum absolute atomic E-state index is 0.0281. The van der Waals surface area contributed by atoms with E-state index in [2.05, 4.69) is 5.32 Å². The zero-order valence-electron chi connectivity index (χ0n) is 10.1. The van der Waals surface area contributed by atoms with E-state index in [1.807, 2.05) is 6.07 Å². The summed E-state index contributed by atoms with van der Waals surface area (Å²) >= 11 is 0. The molecule has 0 aromatic heterocycles. The van der Waals surface area contributed by atoms with Gasteiger partial charge in [0.25, 0.3) is 0 Å². The molecule has 1 saturated carbocycles. The number of anilines is 1. The van der Waals surface area contributed by atoms with E-state index in [9.17, 15) is 4.39 Å². The fraction of sp³-hybridized carbons (Fsp3) is 0.538. The van der Waals surface area contributed by atoms with Crippen molar-refractivity contribution >= 4 is 5.69 Å². The number of para-hydroxylation sites is 1. The third-order valence-electron chi connectivity index (χ3n) is 3.05. The summed E-state index contributed by atoms with van der Waals surface area (Å²) in [6.45, 7) is 1.16. The first-order valence-electron chi connectivity index (χ1n) is 6.05. The second-order valence-electron chi connectivity index (χ2n) is 4.55. The van der Waals surface area contributed by atoms with Crippen LogP contribution in [0.25, 0.3) is 0 Å². The molecule has 1 aliphatic carbocycles. The Morgan fingerprint density at radius 2 is 2.24 bits per heavy atom. The van der Waals surface area contributed by atoms with Gasteiger partial charge in [0.1, 0.15) is 5.82 Å². The Labute approximate surface area is 101 Å². The maximum Gasteiger partial charge on any atom is 0.146 e. The van der Waals surface area contributed by atoms with Crippen molar-refractivity contribution < 1.29 is 9.50 Å². The van der Waals surface area contributed by atoms with Gasteiger partial charge in [-0.05, 0) is 24.5 Å². The number of likely N-dealkylation sites (N-methyl/N-ethyl adjacent to an activating group) is 1. The van der Waals surface area contributed by atoms with Crippen LogP contribution in [-0.2, 0) is 6.54 Å². The van der Waals surface area contributed by atoms with Crippen molar-refractivity contribution in [3.8, 4) is 0 Å². The van der Waals surface area contributed by atoms with E-state index >= 15 is 0 Å². The van der Waals surface area contributed by atoms with Gasteiger partial charge < -0.3 is 15.3 Å². The summed E-state index contributed by atoms with van der Waals surface area (Å²) in [4.78, 5) is 1.76. The molecule has 1 aromatic rings. The van der Waals surface area contributed by atoms with Crippen LogP contribution in [0.4, 0.5) is 10.1 Å². The largest absolute Gasteiger partial charge is 0.395 e. The topological polar surface area (TPSA) is 35.5 Å². The molecule has 2 rings (SSSR count). The lowest BCUT2D eigenvalue weighted by atomic mass is 10.1. The standard InChI is InChI=1S/C13H19FN2O/c1-16(7-8-17)13-10(3-2-4-12(13)14)9-15-11-5-6-11/h2-4,11,15,17H,5-9H2,1H3. The molecule has 0 heterocycles. The Morgan fingerprint density at radius 3 is 2.88 bits per heavy atom. The van der Waals surface area contributed by atoms with Gasteiger partial charge in [-0.2, -0.15) is 0 Å². The molecule has 4 heteroatoms. The minimum Gasteiger partial charge on any atom is -0.395 e. The van der Waals surface area contributed by atoms with Crippen molar-refractivity contribution in [2.45, 2.75) is 25.4 Å². The van der Waals surface area contributed by atoms with Gasteiger partial charge in [0.15, 0.2) is 0 Å². The average molecular weight is 238 g/mol.